The summed E-state index contributed by atoms with van der Waals surface area (Å²) in [6.45, 7) is 1.16. The van der Waals surface area contributed by atoms with Gasteiger partial charge in [-0.1, -0.05) is 0 Å². The number of hydrogen-bond acceptors (Lipinski definition) is 3. The Bertz CT molecular complexity index is 183. The summed E-state index contributed by atoms with van der Waals surface area (Å²) in [6, 6.07) is 0. The maximum absolute atomic E-state index is 11.7. The minimum Gasteiger partial charge on any atom is -0.377 e. The minimum atomic E-state index is -4.13. The first-order valence-electron chi connectivity index (χ1n) is 4.98. The fourth-order valence-corrected chi connectivity index (χ4v) is 2.05. The van der Waals surface area contributed by atoms with E-state index in [1.807, 2.05) is 7.05 Å². The van der Waals surface area contributed by atoms with Gasteiger partial charge in [0.1, 0.15) is 0 Å². The van der Waals surface area contributed by atoms with Crippen LogP contribution in [0.4, 0.5) is 13.2 Å². The van der Waals surface area contributed by atoms with Crippen molar-refractivity contribution in [1.82, 2.24) is 5.32 Å². The molecule has 0 bridgehead atoms. The summed E-state index contributed by atoms with van der Waals surface area (Å²) in [5.41, 5.74) is -4.13. The second-order valence-electron chi connectivity index (χ2n) is 3.68. The van der Waals surface area contributed by atoms with Gasteiger partial charge in [0, 0.05) is 5.75 Å². The number of nitrogens with one attached hydrogen (secondary N) is 1. The Labute approximate surface area is 91.9 Å². The van der Waals surface area contributed by atoms with Gasteiger partial charge in [-0.15, -0.1) is 0 Å². The highest BCUT2D eigenvalue weighted by Crippen LogP contribution is 2.32. The topological polar surface area (TPSA) is 21.3 Å². The van der Waals surface area contributed by atoms with Gasteiger partial charge in [-0.2, -0.15) is 13.2 Å². The van der Waals surface area contributed by atoms with Crippen LogP contribution >= 0.6 is 11.8 Å². The van der Waals surface area contributed by atoms with Gasteiger partial charge in [-0.3, -0.25) is 0 Å². The van der Waals surface area contributed by atoms with Crippen molar-refractivity contribution in [3.05, 3.63) is 0 Å². The van der Waals surface area contributed by atoms with Gasteiger partial charge in [-0.05, 0) is 44.1 Å². The largest absolute Gasteiger partial charge is 0.441 e. The zero-order valence-electron chi connectivity index (χ0n) is 8.64. The summed E-state index contributed by atoms with van der Waals surface area (Å²) in [5, 5.41) is 3.07. The van der Waals surface area contributed by atoms with Crippen LogP contribution in [0.5, 0.6) is 0 Å². The van der Waals surface area contributed by atoms with Crippen LogP contribution in [0.25, 0.3) is 0 Å². The third-order valence-corrected chi connectivity index (χ3v) is 3.09. The molecule has 0 amide bonds. The van der Waals surface area contributed by atoms with E-state index in [1.165, 1.54) is 0 Å². The molecule has 1 aliphatic rings. The van der Waals surface area contributed by atoms with E-state index in [4.69, 9.17) is 4.74 Å². The van der Waals surface area contributed by atoms with Crippen LogP contribution in [-0.4, -0.2) is 37.6 Å². The molecule has 1 rings (SSSR count). The average Bonchev–Trinajstić information content (AvgIpc) is 2.05. The van der Waals surface area contributed by atoms with Gasteiger partial charge >= 0.3 is 5.51 Å². The van der Waals surface area contributed by atoms with E-state index < -0.39 is 5.51 Å². The molecule has 6 heteroatoms. The number of halogens is 3. The Morgan fingerprint density at radius 2 is 2.07 bits per heavy atom. The molecule has 1 fully saturated rings. The average molecular weight is 243 g/mol. The molecule has 1 N–H and O–H groups in total. The minimum absolute atomic E-state index is 0.00328. The van der Waals surface area contributed by atoms with Crippen LogP contribution in [0.3, 0.4) is 0 Å². The molecule has 0 atom stereocenters. The van der Waals surface area contributed by atoms with E-state index in [2.05, 4.69) is 5.32 Å². The lowest BCUT2D eigenvalue weighted by Crippen LogP contribution is -2.37. The quantitative estimate of drug-likeness (QED) is 0.723. The molecule has 0 heterocycles. The van der Waals surface area contributed by atoms with E-state index >= 15 is 0 Å². The van der Waals surface area contributed by atoms with Crippen LogP contribution in [0.2, 0.25) is 0 Å². The molecule has 0 aromatic carbocycles. The Hall–Kier alpha value is 0.0600. The molecular formula is C9H16F3NOS. The van der Waals surface area contributed by atoms with E-state index in [0.717, 1.165) is 19.4 Å². The van der Waals surface area contributed by atoms with Crippen LogP contribution < -0.4 is 5.32 Å². The summed E-state index contributed by atoms with van der Waals surface area (Å²) >= 11 is -0.0162. The van der Waals surface area contributed by atoms with Gasteiger partial charge in [0.15, 0.2) is 0 Å². The molecule has 1 aliphatic carbocycles. The molecule has 0 spiro atoms. The molecule has 0 radical (unpaired) electrons. The van der Waals surface area contributed by atoms with Crippen molar-refractivity contribution in [2.24, 2.45) is 5.92 Å². The molecule has 0 saturated heterocycles. The zero-order valence-corrected chi connectivity index (χ0v) is 9.46. The Balaban J connectivity index is 1.91. The Morgan fingerprint density at radius 1 is 1.40 bits per heavy atom. The molecular weight excluding hydrogens is 227 g/mol. The van der Waals surface area contributed by atoms with Gasteiger partial charge in [-0.25, -0.2) is 0 Å². The van der Waals surface area contributed by atoms with Crippen molar-refractivity contribution in [2.75, 3.05) is 26.0 Å². The first kappa shape index (κ1) is 13.1. The van der Waals surface area contributed by atoms with Crippen LogP contribution in [0.15, 0.2) is 0 Å². The first-order valence-corrected chi connectivity index (χ1v) is 5.96. The molecule has 1 saturated carbocycles. The fourth-order valence-electron chi connectivity index (χ4n) is 1.64. The predicted molar refractivity (Wildman–Crippen MR) is 54.9 cm³/mol. The Morgan fingerprint density at radius 3 is 2.60 bits per heavy atom. The maximum Gasteiger partial charge on any atom is 0.441 e. The molecule has 2 nitrogen and oxygen atoms in total. The maximum atomic E-state index is 11.7. The van der Waals surface area contributed by atoms with E-state index in [-0.39, 0.29) is 30.2 Å². The SMILES string of the molecule is CNCC1CC(OCCSC(F)(F)F)C1. The van der Waals surface area contributed by atoms with Crippen molar-refractivity contribution >= 4 is 11.8 Å². The van der Waals surface area contributed by atoms with Gasteiger partial charge in [0.2, 0.25) is 0 Å². The standard InChI is InChI=1S/C9H16F3NOS/c1-13-6-7-4-8(5-7)14-2-3-15-9(10,11)12/h7-8,13H,2-6H2,1H3. The fraction of sp³-hybridized carbons (Fsp3) is 1.00. The lowest BCUT2D eigenvalue weighted by molar-refractivity contribution is -0.0367. The second kappa shape index (κ2) is 5.96. The van der Waals surface area contributed by atoms with Gasteiger partial charge in [0.05, 0.1) is 12.7 Å². The second-order valence-corrected chi connectivity index (χ2v) is 4.84. The summed E-state index contributed by atoms with van der Waals surface area (Å²) in [4.78, 5) is 0. The van der Waals surface area contributed by atoms with Crippen molar-refractivity contribution in [3.8, 4) is 0 Å². The Kier molecular flexibility index (Phi) is 5.22. The van der Waals surface area contributed by atoms with Crippen molar-refractivity contribution < 1.29 is 17.9 Å². The monoisotopic (exact) mass is 243 g/mol. The molecule has 15 heavy (non-hydrogen) atoms. The van der Waals surface area contributed by atoms with E-state index in [0.29, 0.717) is 5.92 Å². The smallest absolute Gasteiger partial charge is 0.377 e. The number of hydrogen-bond donors (Lipinski definition) is 1. The molecule has 0 aromatic rings. The summed E-state index contributed by atoms with van der Waals surface area (Å²) in [6.07, 6.45) is 2.12. The van der Waals surface area contributed by atoms with E-state index in [9.17, 15) is 13.2 Å². The number of thioether (sulfide) groups is 1. The van der Waals surface area contributed by atoms with Crippen molar-refractivity contribution in [2.45, 2.75) is 24.5 Å². The highest BCUT2D eigenvalue weighted by molar-refractivity contribution is 8.00. The third kappa shape index (κ3) is 5.63. The molecule has 90 valence electrons. The van der Waals surface area contributed by atoms with Crippen molar-refractivity contribution in [3.63, 3.8) is 0 Å². The van der Waals surface area contributed by atoms with Crippen molar-refractivity contribution in [1.29, 1.82) is 0 Å². The van der Waals surface area contributed by atoms with Gasteiger partial charge < -0.3 is 10.1 Å². The lowest BCUT2D eigenvalue weighted by Gasteiger charge is -2.35. The highest BCUT2D eigenvalue weighted by Gasteiger charge is 2.30. The summed E-state index contributed by atoms with van der Waals surface area (Å²) in [5.74, 6) is 0.631. The lowest BCUT2D eigenvalue weighted by atomic mass is 9.82. The zero-order chi connectivity index (χ0) is 11.3. The van der Waals surface area contributed by atoms with Crippen LogP contribution in [-0.2, 0) is 4.74 Å². The van der Waals surface area contributed by atoms with E-state index in [1.54, 1.807) is 0 Å². The predicted octanol–water partition coefficient (Wildman–Crippen LogP) is 2.25. The normalized spacial score (nSPS) is 26.4. The number of rotatable bonds is 6. The number of alkyl halides is 3. The molecule has 0 unspecified atom stereocenters. The summed E-state index contributed by atoms with van der Waals surface area (Å²) < 4.78 is 40.5. The highest BCUT2D eigenvalue weighted by atomic mass is 32.2. The molecule has 0 aromatic heterocycles. The first-order chi connectivity index (χ1) is 7.01. The van der Waals surface area contributed by atoms with Crippen LogP contribution in [0.1, 0.15) is 12.8 Å². The third-order valence-electron chi connectivity index (χ3n) is 2.39. The number of ether oxygens (including phenoxy) is 1. The van der Waals surface area contributed by atoms with Gasteiger partial charge in [0.25, 0.3) is 0 Å². The van der Waals surface area contributed by atoms with Crippen LogP contribution in [0, 0.1) is 5.92 Å². The molecule has 0 aliphatic heterocycles. The summed E-state index contributed by atoms with van der Waals surface area (Å²) in [7, 11) is 1.90.